The van der Waals surface area contributed by atoms with Crippen molar-refractivity contribution in [2.75, 3.05) is 38.7 Å². The summed E-state index contributed by atoms with van der Waals surface area (Å²) in [4.78, 5) is 12.6. The second-order valence-corrected chi connectivity index (χ2v) is 9.50. The Bertz CT molecular complexity index is 1090. The molecule has 1 N–H and O–H groups in total. The van der Waals surface area contributed by atoms with E-state index in [4.69, 9.17) is 14.2 Å². The predicted octanol–water partition coefficient (Wildman–Crippen LogP) is 3.29. The number of nitrogens with one attached hydrogen (secondary N) is 1. The fourth-order valence-electron chi connectivity index (χ4n) is 3.71. The van der Waals surface area contributed by atoms with Gasteiger partial charge in [0.2, 0.25) is 21.7 Å². The summed E-state index contributed by atoms with van der Waals surface area (Å²) >= 11 is 0. The maximum Gasteiger partial charge on any atom is 0.248 e. The van der Waals surface area contributed by atoms with Crippen LogP contribution in [-0.4, -0.2) is 52.0 Å². The molecule has 0 spiro atoms. The number of amides is 1. The van der Waals surface area contributed by atoms with Crippen LogP contribution in [0, 0.1) is 0 Å². The third kappa shape index (κ3) is 4.89. The topological polar surface area (TPSA) is 94.2 Å². The Morgan fingerprint density at radius 1 is 1.06 bits per heavy atom. The van der Waals surface area contributed by atoms with Crippen molar-refractivity contribution in [2.45, 2.75) is 24.2 Å². The summed E-state index contributed by atoms with van der Waals surface area (Å²) in [5, 5.41) is 2.74. The van der Waals surface area contributed by atoms with Gasteiger partial charge in [0.15, 0.2) is 11.5 Å². The number of hydrogen-bond donors (Lipinski definition) is 1. The molecule has 9 heteroatoms. The van der Waals surface area contributed by atoms with Gasteiger partial charge in [0.1, 0.15) is 13.2 Å². The molecule has 2 heterocycles. The van der Waals surface area contributed by atoms with Crippen LogP contribution in [0.1, 0.15) is 24.8 Å². The molecule has 0 saturated carbocycles. The van der Waals surface area contributed by atoms with Gasteiger partial charge in [0.25, 0.3) is 0 Å². The van der Waals surface area contributed by atoms with Crippen LogP contribution in [0.15, 0.2) is 47.4 Å². The number of piperidine rings is 1. The van der Waals surface area contributed by atoms with Crippen molar-refractivity contribution in [3.63, 3.8) is 0 Å². The Morgan fingerprint density at radius 2 is 1.78 bits per heavy atom. The molecule has 0 aliphatic carbocycles. The molecule has 2 aliphatic rings. The van der Waals surface area contributed by atoms with E-state index < -0.39 is 10.0 Å². The molecular formula is C23H26N2O6S. The van der Waals surface area contributed by atoms with E-state index in [1.165, 1.54) is 22.5 Å². The molecule has 1 amide bonds. The summed E-state index contributed by atoms with van der Waals surface area (Å²) in [6.45, 7) is 2.01. The van der Waals surface area contributed by atoms with Crippen LogP contribution < -0.4 is 19.5 Å². The zero-order valence-electron chi connectivity index (χ0n) is 17.9. The normalized spacial score (nSPS) is 16.7. The second kappa shape index (κ2) is 9.62. The lowest BCUT2D eigenvalue weighted by atomic mass is 10.1. The zero-order valence-corrected chi connectivity index (χ0v) is 18.7. The summed E-state index contributed by atoms with van der Waals surface area (Å²) in [6, 6.07) is 9.77. The number of rotatable bonds is 6. The molecule has 0 bridgehead atoms. The van der Waals surface area contributed by atoms with Crippen LogP contribution in [-0.2, 0) is 14.8 Å². The Morgan fingerprint density at radius 3 is 2.50 bits per heavy atom. The summed E-state index contributed by atoms with van der Waals surface area (Å²) in [6.07, 6.45) is 5.86. The van der Waals surface area contributed by atoms with Crippen LogP contribution in [0.5, 0.6) is 17.2 Å². The molecule has 170 valence electrons. The highest BCUT2D eigenvalue weighted by atomic mass is 32.2. The molecule has 1 saturated heterocycles. The first-order valence-corrected chi connectivity index (χ1v) is 12.0. The number of fused-ring (bicyclic) bond motifs is 1. The van der Waals surface area contributed by atoms with Gasteiger partial charge in [-0.15, -0.1) is 0 Å². The zero-order chi connectivity index (χ0) is 22.6. The van der Waals surface area contributed by atoms with Crippen LogP contribution in [0.4, 0.5) is 5.69 Å². The number of carbonyl (C=O) groups excluding carboxylic acids is 1. The third-order valence-corrected chi connectivity index (χ3v) is 7.27. The lowest BCUT2D eigenvalue weighted by molar-refractivity contribution is -0.111. The van der Waals surface area contributed by atoms with Gasteiger partial charge in [-0.05, 0) is 60.9 Å². The predicted molar refractivity (Wildman–Crippen MR) is 121 cm³/mol. The summed E-state index contributed by atoms with van der Waals surface area (Å²) in [5.41, 5.74) is 1.24. The summed E-state index contributed by atoms with van der Waals surface area (Å²) < 4.78 is 43.5. The molecule has 0 atom stereocenters. The molecular weight excluding hydrogens is 432 g/mol. The van der Waals surface area contributed by atoms with Crippen LogP contribution >= 0.6 is 0 Å². The van der Waals surface area contributed by atoms with Gasteiger partial charge < -0.3 is 19.5 Å². The van der Waals surface area contributed by atoms with Crippen molar-refractivity contribution in [1.82, 2.24) is 4.31 Å². The number of benzene rings is 2. The number of carbonyl (C=O) groups is 1. The monoisotopic (exact) mass is 458 g/mol. The van der Waals surface area contributed by atoms with Gasteiger partial charge in [-0.2, -0.15) is 4.31 Å². The summed E-state index contributed by atoms with van der Waals surface area (Å²) in [7, 11) is -1.95. The first kappa shape index (κ1) is 22.2. The molecule has 8 nitrogen and oxygen atoms in total. The first-order valence-electron chi connectivity index (χ1n) is 10.5. The fraction of sp³-hybridized carbons (Fsp3) is 0.348. The maximum atomic E-state index is 12.7. The minimum absolute atomic E-state index is 0.233. The number of nitrogens with zero attached hydrogens (tertiary/aromatic N) is 1. The Kier molecular flexibility index (Phi) is 6.66. The van der Waals surface area contributed by atoms with Gasteiger partial charge >= 0.3 is 0 Å². The number of hydrogen-bond acceptors (Lipinski definition) is 6. The van der Waals surface area contributed by atoms with Crippen LogP contribution in [0.2, 0.25) is 0 Å². The molecule has 2 aromatic carbocycles. The van der Waals surface area contributed by atoms with Gasteiger partial charge in [-0.3, -0.25) is 4.79 Å². The highest BCUT2D eigenvalue weighted by Crippen LogP contribution is 2.40. The van der Waals surface area contributed by atoms with Gasteiger partial charge in [0.05, 0.1) is 12.0 Å². The number of ether oxygens (including phenoxy) is 3. The van der Waals surface area contributed by atoms with E-state index in [0.29, 0.717) is 49.2 Å². The Labute approximate surface area is 187 Å². The van der Waals surface area contributed by atoms with E-state index in [1.54, 1.807) is 37.5 Å². The Hall–Kier alpha value is -3.04. The second-order valence-electron chi connectivity index (χ2n) is 7.56. The van der Waals surface area contributed by atoms with E-state index >= 15 is 0 Å². The maximum absolute atomic E-state index is 12.7. The molecule has 32 heavy (non-hydrogen) atoms. The SMILES string of the molecule is COc1cc(/C=C/C(=O)Nc2ccc(S(=O)(=O)N3CCCCC3)cc2)cc2c1OCCO2. The van der Waals surface area contributed by atoms with Crippen molar-refractivity contribution in [1.29, 1.82) is 0 Å². The number of anilines is 1. The summed E-state index contributed by atoms with van der Waals surface area (Å²) in [5.74, 6) is 1.32. The first-order chi connectivity index (χ1) is 15.5. The van der Waals surface area contributed by atoms with E-state index in [0.717, 1.165) is 24.8 Å². The van der Waals surface area contributed by atoms with Crippen LogP contribution in [0.3, 0.4) is 0 Å². The van der Waals surface area contributed by atoms with Crippen molar-refractivity contribution >= 4 is 27.7 Å². The van der Waals surface area contributed by atoms with Crippen molar-refractivity contribution in [3.8, 4) is 17.2 Å². The van der Waals surface area contributed by atoms with Crippen molar-refractivity contribution in [3.05, 3.63) is 48.0 Å². The molecule has 4 rings (SSSR count). The van der Waals surface area contributed by atoms with Gasteiger partial charge in [-0.1, -0.05) is 6.42 Å². The number of sulfonamides is 1. The standard InChI is InChI=1S/C23H26N2O6S/c1-29-20-15-17(16-21-23(20)31-14-13-30-21)5-10-22(26)24-18-6-8-19(9-7-18)32(27,28)25-11-3-2-4-12-25/h5-10,15-16H,2-4,11-14H2,1H3,(H,24,26)/b10-5+. The molecule has 2 aliphatic heterocycles. The molecule has 0 unspecified atom stereocenters. The lowest BCUT2D eigenvalue weighted by Gasteiger charge is -2.25. The van der Waals surface area contributed by atoms with E-state index in [2.05, 4.69) is 5.32 Å². The number of methoxy groups -OCH3 is 1. The Balaban J connectivity index is 1.42. The molecule has 1 fully saturated rings. The highest BCUT2D eigenvalue weighted by molar-refractivity contribution is 7.89. The average molecular weight is 459 g/mol. The van der Waals surface area contributed by atoms with E-state index in [1.807, 2.05) is 0 Å². The van der Waals surface area contributed by atoms with Crippen LogP contribution in [0.25, 0.3) is 6.08 Å². The average Bonchev–Trinajstić information content (AvgIpc) is 2.83. The molecule has 0 radical (unpaired) electrons. The highest BCUT2D eigenvalue weighted by Gasteiger charge is 2.25. The fourth-order valence-corrected chi connectivity index (χ4v) is 5.23. The lowest BCUT2D eigenvalue weighted by Crippen LogP contribution is -2.35. The minimum atomic E-state index is -3.50. The molecule has 0 aromatic heterocycles. The molecule has 2 aromatic rings. The smallest absolute Gasteiger partial charge is 0.248 e. The largest absolute Gasteiger partial charge is 0.493 e. The van der Waals surface area contributed by atoms with E-state index in [9.17, 15) is 13.2 Å². The van der Waals surface area contributed by atoms with Gasteiger partial charge in [-0.25, -0.2) is 8.42 Å². The minimum Gasteiger partial charge on any atom is -0.493 e. The van der Waals surface area contributed by atoms with Crippen molar-refractivity contribution < 1.29 is 27.4 Å². The quantitative estimate of drug-likeness (QED) is 0.668. The van der Waals surface area contributed by atoms with Crippen molar-refractivity contribution in [2.24, 2.45) is 0 Å². The van der Waals surface area contributed by atoms with Gasteiger partial charge in [0, 0.05) is 24.9 Å². The third-order valence-electron chi connectivity index (χ3n) is 5.35. The van der Waals surface area contributed by atoms with E-state index in [-0.39, 0.29) is 10.8 Å².